The summed E-state index contributed by atoms with van der Waals surface area (Å²) in [6, 6.07) is 14.4. The fourth-order valence-electron chi connectivity index (χ4n) is 3.93. The van der Waals surface area contributed by atoms with E-state index in [0.29, 0.717) is 17.8 Å². The van der Waals surface area contributed by atoms with Gasteiger partial charge in [-0.25, -0.2) is 12.8 Å². The Kier molecular flexibility index (Phi) is 7.10. The molecule has 1 aromatic heterocycles. The molecule has 1 saturated heterocycles. The molecule has 33 heavy (non-hydrogen) atoms. The summed E-state index contributed by atoms with van der Waals surface area (Å²) in [5.41, 5.74) is 0.717. The van der Waals surface area contributed by atoms with Gasteiger partial charge in [-0.1, -0.05) is 6.42 Å². The molecule has 4 rings (SSSR count). The van der Waals surface area contributed by atoms with Crippen molar-refractivity contribution in [2.75, 3.05) is 24.4 Å². The smallest absolute Gasteiger partial charge is 0.261 e. The molecular formula is C24H26FN3O4S. The Bertz CT molecular complexity index is 1160. The van der Waals surface area contributed by atoms with Crippen molar-refractivity contribution in [2.45, 2.75) is 30.2 Å². The van der Waals surface area contributed by atoms with Crippen molar-refractivity contribution in [3.63, 3.8) is 0 Å². The van der Waals surface area contributed by atoms with E-state index in [-0.39, 0.29) is 16.8 Å². The van der Waals surface area contributed by atoms with Gasteiger partial charge in [0.1, 0.15) is 11.6 Å². The minimum atomic E-state index is -3.86. The molecule has 0 spiro atoms. The Labute approximate surface area is 192 Å². The van der Waals surface area contributed by atoms with E-state index in [4.69, 9.17) is 4.42 Å². The highest BCUT2D eigenvalue weighted by Gasteiger charge is 2.25. The van der Waals surface area contributed by atoms with E-state index in [9.17, 15) is 17.6 Å². The number of likely N-dealkylation sites (tertiary alicyclic amines) is 1. The molecule has 9 heteroatoms. The molecule has 174 valence electrons. The molecule has 7 nitrogen and oxygen atoms in total. The number of piperidine rings is 1. The average Bonchev–Trinajstić information content (AvgIpc) is 3.35. The first-order valence-corrected chi connectivity index (χ1v) is 12.3. The number of halogens is 1. The van der Waals surface area contributed by atoms with Crippen molar-refractivity contribution < 1.29 is 22.0 Å². The van der Waals surface area contributed by atoms with Crippen molar-refractivity contribution in [1.29, 1.82) is 0 Å². The van der Waals surface area contributed by atoms with Crippen molar-refractivity contribution in [2.24, 2.45) is 0 Å². The summed E-state index contributed by atoms with van der Waals surface area (Å²) in [5, 5.41) is 2.97. The molecule has 1 atom stereocenters. The molecule has 2 aromatic carbocycles. The Balaban J connectivity index is 1.39. The molecule has 0 saturated carbocycles. The van der Waals surface area contributed by atoms with Crippen LogP contribution >= 0.6 is 0 Å². The van der Waals surface area contributed by atoms with Gasteiger partial charge in [0.05, 0.1) is 17.2 Å². The number of anilines is 1. The van der Waals surface area contributed by atoms with E-state index in [1.807, 2.05) is 12.1 Å². The second-order valence-corrected chi connectivity index (χ2v) is 9.66. The highest BCUT2D eigenvalue weighted by molar-refractivity contribution is 7.92. The lowest BCUT2D eigenvalue weighted by Gasteiger charge is -2.33. The van der Waals surface area contributed by atoms with Crippen LogP contribution in [-0.4, -0.2) is 38.9 Å². The van der Waals surface area contributed by atoms with Crippen LogP contribution in [0.1, 0.15) is 41.4 Å². The SMILES string of the molecule is O=C(NC[C@H](c1ccco1)N1CCCCC1)c1ccc(NS(=O)(=O)c2ccc(F)cc2)cc1. The lowest BCUT2D eigenvalue weighted by molar-refractivity contribution is 0.0914. The Morgan fingerprint density at radius 2 is 1.70 bits per heavy atom. The van der Waals surface area contributed by atoms with E-state index >= 15 is 0 Å². The summed E-state index contributed by atoms with van der Waals surface area (Å²) >= 11 is 0. The molecule has 0 bridgehead atoms. The number of rotatable bonds is 8. The monoisotopic (exact) mass is 471 g/mol. The van der Waals surface area contributed by atoms with Gasteiger partial charge in [-0.05, 0) is 86.6 Å². The van der Waals surface area contributed by atoms with Crippen LogP contribution in [0.3, 0.4) is 0 Å². The maximum absolute atomic E-state index is 13.1. The number of benzene rings is 2. The highest BCUT2D eigenvalue weighted by Crippen LogP contribution is 2.25. The Morgan fingerprint density at radius 3 is 2.33 bits per heavy atom. The van der Waals surface area contributed by atoms with E-state index in [1.165, 1.54) is 30.7 Å². The summed E-state index contributed by atoms with van der Waals surface area (Å²) in [6.07, 6.45) is 5.10. The minimum Gasteiger partial charge on any atom is -0.468 e. The third kappa shape index (κ3) is 5.80. The fourth-order valence-corrected chi connectivity index (χ4v) is 4.99. The number of hydrogen-bond donors (Lipinski definition) is 2. The molecule has 2 heterocycles. The highest BCUT2D eigenvalue weighted by atomic mass is 32.2. The normalized spacial score (nSPS) is 15.7. The zero-order valence-electron chi connectivity index (χ0n) is 18.0. The molecule has 1 amide bonds. The van der Waals surface area contributed by atoms with Gasteiger partial charge in [0.25, 0.3) is 15.9 Å². The van der Waals surface area contributed by atoms with Crippen LogP contribution in [0.2, 0.25) is 0 Å². The summed E-state index contributed by atoms with van der Waals surface area (Å²) in [5.74, 6) is 0.0538. The van der Waals surface area contributed by atoms with Crippen molar-refractivity contribution >= 4 is 21.6 Å². The van der Waals surface area contributed by atoms with Gasteiger partial charge in [0.15, 0.2) is 0 Å². The van der Waals surface area contributed by atoms with Crippen molar-refractivity contribution in [3.05, 3.63) is 84.1 Å². The first kappa shape index (κ1) is 23.0. The van der Waals surface area contributed by atoms with E-state index in [2.05, 4.69) is 14.9 Å². The summed E-state index contributed by atoms with van der Waals surface area (Å²) in [6.45, 7) is 2.33. The van der Waals surface area contributed by atoms with Gasteiger partial charge in [0, 0.05) is 17.8 Å². The summed E-state index contributed by atoms with van der Waals surface area (Å²) < 4.78 is 46.0. The zero-order valence-corrected chi connectivity index (χ0v) is 18.9. The van der Waals surface area contributed by atoms with Crippen LogP contribution in [0, 0.1) is 5.82 Å². The molecular weight excluding hydrogens is 445 g/mol. The van der Waals surface area contributed by atoms with E-state index < -0.39 is 15.8 Å². The maximum Gasteiger partial charge on any atom is 0.261 e. The largest absolute Gasteiger partial charge is 0.468 e. The van der Waals surface area contributed by atoms with Crippen molar-refractivity contribution in [1.82, 2.24) is 10.2 Å². The molecule has 0 unspecified atom stereocenters. The number of carbonyl (C=O) groups excluding carboxylic acids is 1. The van der Waals surface area contributed by atoms with E-state index in [1.54, 1.807) is 18.4 Å². The van der Waals surface area contributed by atoms with Crippen LogP contribution < -0.4 is 10.0 Å². The molecule has 1 aliphatic rings. The third-order valence-electron chi connectivity index (χ3n) is 5.68. The number of amides is 1. The number of hydrogen-bond acceptors (Lipinski definition) is 5. The average molecular weight is 472 g/mol. The summed E-state index contributed by atoms with van der Waals surface area (Å²) in [4.78, 5) is 15.0. The number of nitrogens with zero attached hydrogens (tertiary/aromatic N) is 1. The Hall–Kier alpha value is -3.17. The second kappa shape index (κ2) is 10.2. The topological polar surface area (TPSA) is 91.7 Å². The van der Waals surface area contributed by atoms with Gasteiger partial charge < -0.3 is 9.73 Å². The quantitative estimate of drug-likeness (QED) is 0.514. The molecule has 2 N–H and O–H groups in total. The van der Waals surface area contributed by atoms with Gasteiger partial charge in [0.2, 0.25) is 0 Å². The van der Waals surface area contributed by atoms with Crippen LogP contribution in [0.25, 0.3) is 0 Å². The van der Waals surface area contributed by atoms with Gasteiger partial charge >= 0.3 is 0 Å². The maximum atomic E-state index is 13.1. The fraction of sp³-hybridized carbons (Fsp3) is 0.292. The standard InChI is InChI=1S/C24H26FN3O4S/c25-19-8-12-21(13-9-19)33(30,31)27-20-10-6-18(7-11-20)24(29)26-17-22(23-5-4-16-32-23)28-14-2-1-3-15-28/h4-13,16,22,27H,1-3,14-15,17H2,(H,26,29)/t22-/m1/s1. The number of sulfonamides is 1. The van der Waals surface area contributed by atoms with Crippen LogP contribution in [0.5, 0.6) is 0 Å². The zero-order chi connectivity index (χ0) is 23.3. The predicted molar refractivity (Wildman–Crippen MR) is 123 cm³/mol. The third-order valence-corrected chi connectivity index (χ3v) is 7.08. The second-order valence-electron chi connectivity index (χ2n) is 7.97. The van der Waals surface area contributed by atoms with Gasteiger partial charge in [-0.15, -0.1) is 0 Å². The van der Waals surface area contributed by atoms with Crippen LogP contribution in [0.15, 0.2) is 76.2 Å². The lowest BCUT2D eigenvalue weighted by atomic mass is 10.1. The number of carbonyl (C=O) groups is 1. The van der Waals surface area contributed by atoms with Crippen LogP contribution in [0.4, 0.5) is 10.1 Å². The molecule has 3 aromatic rings. The first-order chi connectivity index (χ1) is 15.9. The van der Waals surface area contributed by atoms with E-state index in [0.717, 1.165) is 43.8 Å². The van der Waals surface area contributed by atoms with Gasteiger partial charge in [-0.2, -0.15) is 0 Å². The van der Waals surface area contributed by atoms with Gasteiger partial charge in [-0.3, -0.25) is 14.4 Å². The number of furan rings is 1. The summed E-state index contributed by atoms with van der Waals surface area (Å²) in [7, 11) is -3.86. The lowest BCUT2D eigenvalue weighted by Crippen LogP contribution is -2.40. The molecule has 0 radical (unpaired) electrons. The number of nitrogens with one attached hydrogen (secondary N) is 2. The molecule has 1 aliphatic heterocycles. The first-order valence-electron chi connectivity index (χ1n) is 10.9. The Morgan fingerprint density at radius 1 is 1.00 bits per heavy atom. The molecule has 1 fully saturated rings. The van der Waals surface area contributed by atoms with Crippen molar-refractivity contribution in [3.8, 4) is 0 Å². The predicted octanol–water partition coefficient (Wildman–Crippen LogP) is 4.18. The molecule has 0 aliphatic carbocycles. The minimum absolute atomic E-state index is 0.0361. The van der Waals surface area contributed by atoms with Crippen LogP contribution in [-0.2, 0) is 10.0 Å².